The zero-order chi connectivity index (χ0) is 12.5. The van der Waals surface area contributed by atoms with E-state index in [1.165, 1.54) is 11.3 Å². The Morgan fingerprint density at radius 3 is 2.78 bits per heavy atom. The Kier molecular flexibility index (Phi) is 2.64. The number of rotatable bonds is 2. The first-order chi connectivity index (χ1) is 8.74. The second kappa shape index (κ2) is 4.30. The first-order valence-electron chi connectivity index (χ1n) is 5.39. The molecule has 0 saturated heterocycles. The first-order valence-corrected chi connectivity index (χ1v) is 6.27. The summed E-state index contributed by atoms with van der Waals surface area (Å²) in [6, 6.07) is 5.59. The van der Waals surface area contributed by atoms with E-state index >= 15 is 0 Å². The largest absolute Gasteiger partial charge is 0.486 e. The van der Waals surface area contributed by atoms with Crippen LogP contribution in [-0.2, 0) is 0 Å². The van der Waals surface area contributed by atoms with Gasteiger partial charge in [0.05, 0.1) is 0 Å². The number of ether oxygens (including phenoxy) is 2. The lowest BCUT2D eigenvalue weighted by molar-refractivity contribution is 0.0996. The van der Waals surface area contributed by atoms with Crippen LogP contribution in [0.1, 0.15) is 10.5 Å². The lowest BCUT2D eigenvalue weighted by Crippen LogP contribution is -2.15. The average Bonchev–Trinajstić information content (AvgIpc) is 2.88. The summed E-state index contributed by atoms with van der Waals surface area (Å²) in [5.74, 6) is 0.918. The molecule has 1 amide bonds. The smallest absolute Gasteiger partial charge is 0.268 e. The van der Waals surface area contributed by atoms with Crippen LogP contribution in [0.25, 0.3) is 10.6 Å². The fourth-order valence-electron chi connectivity index (χ4n) is 1.70. The lowest BCUT2D eigenvalue weighted by Gasteiger charge is -2.18. The third-order valence-corrected chi connectivity index (χ3v) is 3.44. The molecule has 0 spiro atoms. The van der Waals surface area contributed by atoms with Crippen molar-refractivity contribution in [2.45, 2.75) is 0 Å². The average molecular weight is 262 g/mol. The van der Waals surface area contributed by atoms with Gasteiger partial charge in [-0.15, -0.1) is 11.3 Å². The Labute approximate surface area is 107 Å². The van der Waals surface area contributed by atoms with Crippen molar-refractivity contribution in [3.8, 4) is 22.1 Å². The van der Waals surface area contributed by atoms with Crippen molar-refractivity contribution in [3.63, 3.8) is 0 Å². The van der Waals surface area contributed by atoms with Crippen molar-refractivity contribution in [2.75, 3.05) is 13.2 Å². The van der Waals surface area contributed by atoms with Gasteiger partial charge in [0.15, 0.2) is 11.5 Å². The van der Waals surface area contributed by atoms with Crippen molar-refractivity contribution in [1.82, 2.24) is 4.98 Å². The zero-order valence-electron chi connectivity index (χ0n) is 9.38. The monoisotopic (exact) mass is 262 g/mol. The molecule has 1 aliphatic heterocycles. The first kappa shape index (κ1) is 11.0. The molecule has 0 fully saturated rings. The van der Waals surface area contributed by atoms with Gasteiger partial charge in [0.25, 0.3) is 5.91 Å². The van der Waals surface area contributed by atoms with Gasteiger partial charge in [0.2, 0.25) is 0 Å². The third-order valence-electron chi connectivity index (χ3n) is 2.55. The maximum Gasteiger partial charge on any atom is 0.268 e. The molecule has 3 rings (SSSR count). The van der Waals surface area contributed by atoms with Gasteiger partial charge in [-0.2, -0.15) is 0 Å². The highest BCUT2D eigenvalue weighted by Crippen LogP contribution is 2.35. The summed E-state index contributed by atoms with van der Waals surface area (Å²) in [4.78, 5) is 15.2. The standard InChI is InChI=1S/C12H10N2O3S/c13-11(15)8-6-18-12(14-8)7-1-2-9-10(5-7)17-4-3-16-9/h1-2,5-6H,3-4H2,(H2,13,15). The van der Waals surface area contributed by atoms with Crippen molar-refractivity contribution < 1.29 is 14.3 Å². The molecule has 0 bridgehead atoms. The quantitative estimate of drug-likeness (QED) is 0.893. The van der Waals surface area contributed by atoms with Gasteiger partial charge in [-0.3, -0.25) is 4.79 Å². The Bertz CT molecular complexity index is 609. The molecule has 2 N–H and O–H groups in total. The summed E-state index contributed by atoms with van der Waals surface area (Å²) in [6.45, 7) is 1.11. The summed E-state index contributed by atoms with van der Waals surface area (Å²) in [5.41, 5.74) is 6.34. The fraction of sp³-hybridized carbons (Fsp3) is 0.167. The molecule has 0 aliphatic carbocycles. The van der Waals surface area contributed by atoms with E-state index in [2.05, 4.69) is 4.98 Å². The number of primary amides is 1. The van der Waals surface area contributed by atoms with Crippen LogP contribution in [0.15, 0.2) is 23.6 Å². The van der Waals surface area contributed by atoms with Gasteiger partial charge in [-0.1, -0.05) is 0 Å². The van der Waals surface area contributed by atoms with Crippen LogP contribution in [0.3, 0.4) is 0 Å². The number of benzene rings is 1. The molecule has 6 heteroatoms. The normalized spacial score (nSPS) is 13.3. The van der Waals surface area contributed by atoms with Gasteiger partial charge < -0.3 is 15.2 Å². The van der Waals surface area contributed by atoms with Crippen LogP contribution in [0.4, 0.5) is 0 Å². The number of carbonyl (C=O) groups excluding carboxylic acids is 1. The minimum absolute atomic E-state index is 0.282. The Morgan fingerprint density at radius 2 is 2.06 bits per heavy atom. The molecule has 1 aromatic heterocycles. The Balaban J connectivity index is 1.98. The molecule has 2 heterocycles. The van der Waals surface area contributed by atoms with Gasteiger partial charge in [-0.25, -0.2) is 4.98 Å². The lowest BCUT2D eigenvalue weighted by atomic mass is 10.2. The number of carbonyl (C=O) groups is 1. The highest BCUT2D eigenvalue weighted by molar-refractivity contribution is 7.13. The number of hydrogen-bond acceptors (Lipinski definition) is 5. The van der Waals surface area contributed by atoms with Crippen molar-refractivity contribution >= 4 is 17.2 Å². The zero-order valence-corrected chi connectivity index (χ0v) is 10.2. The van der Waals surface area contributed by atoms with E-state index in [0.717, 1.165) is 16.3 Å². The van der Waals surface area contributed by atoms with Crippen molar-refractivity contribution in [2.24, 2.45) is 5.73 Å². The molecule has 1 aromatic carbocycles. The molecule has 92 valence electrons. The molecule has 0 radical (unpaired) electrons. The van der Waals surface area contributed by atoms with Gasteiger partial charge in [0.1, 0.15) is 23.9 Å². The summed E-state index contributed by atoms with van der Waals surface area (Å²) in [6.07, 6.45) is 0. The van der Waals surface area contributed by atoms with Crippen LogP contribution in [0.2, 0.25) is 0 Å². The predicted molar refractivity (Wildman–Crippen MR) is 67.1 cm³/mol. The van der Waals surface area contributed by atoms with Crippen LogP contribution in [0.5, 0.6) is 11.5 Å². The SMILES string of the molecule is NC(=O)c1csc(-c2ccc3c(c2)OCCO3)n1. The molecule has 0 unspecified atom stereocenters. The maximum atomic E-state index is 11.0. The summed E-state index contributed by atoms with van der Waals surface area (Å²) < 4.78 is 10.9. The molecule has 2 aromatic rings. The predicted octanol–water partition coefficient (Wildman–Crippen LogP) is 1.68. The van der Waals surface area contributed by atoms with Crippen molar-refractivity contribution in [1.29, 1.82) is 0 Å². The van der Waals surface area contributed by atoms with Crippen LogP contribution >= 0.6 is 11.3 Å². The number of aromatic nitrogens is 1. The molecule has 0 saturated carbocycles. The number of thiazole rings is 1. The summed E-state index contributed by atoms with van der Waals surface area (Å²) >= 11 is 1.37. The highest BCUT2D eigenvalue weighted by atomic mass is 32.1. The highest BCUT2D eigenvalue weighted by Gasteiger charge is 2.14. The summed E-state index contributed by atoms with van der Waals surface area (Å²) in [7, 11) is 0. The van der Waals surface area contributed by atoms with Crippen LogP contribution < -0.4 is 15.2 Å². The van der Waals surface area contributed by atoms with Crippen LogP contribution in [0, 0.1) is 0 Å². The van der Waals surface area contributed by atoms with E-state index in [9.17, 15) is 4.79 Å². The van der Waals surface area contributed by atoms with E-state index in [1.807, 2.05) is 18.2 Å². The third kappa shape index (κ3) is 1.91. The number of nitrogens with two attached hydrogens (primary N) is 1. The molecule has 0 atom stereocenters. The van der Waals surface area contributed by atoms with Gasteiger partial charge >= 0.3 is 0 Å². The minimum atomic E-state index is -0.518. The van der Waals surface area contributed by atoms with E-state index in [4.69, 9.17) is 15.2 Å². The second-order valence-corrected chi connectivity index (χ2v) is 4.62. The molecule has 18 heavy (non-hydrogen) atoms. The Hall–Kier alpha value is -2.08. The van der Waals surface area contributed by atoms with Gasteiger partial charge in [-0.05, 0) is 18.2 Å². The van der Waals surface area contributed by atoms with E-state index in [-0.39, 0.29) is 5.69 Å². The molecule has 5 nitrogen and oxygen atoms in total. The minimum Gasteiger partial charge on any atom is -0.486 e. The molecular weight excluding hydrogens is 252 g/mol. The van der Waals surface area contributed by atoms with E-state index in [1.54, 1.807) is 5.38 Å². The summed E-state index contributed by atoms with van der Waals surface area (Å²) in [5, 5.41) is 2.38. The Morgan fingerprint density at radius 1 is 1.28 bits per heavy atom. The van der Waals surface area contributed by atoms with E-state index in [0.29, 0.717) is 19.0 Å². The van der Waals surface area contributed by atoms with Gasteiger partial charge in [0, 0.05) is 10.9 Å². The number of hydrogen-bond donors (Lipinski definition) is 1. The maximum absolute atomic E-state index is 11.0. The molecular formula is C12H10N2O3S. The molecule has 1 aliphatic rings. The second-order valence-electron chi connectivity index (χ2n) is 3.76. The number of amides is 1. The topological polar surface area (TPSA) is 74.4 Å². The van der Waals surface area contributed by atoms with Crippen molar-refractivity contribution in [3.05, 3.63) is 29.3 Å². The number of nitrogens with zero attached hydrogens (tertiary/aromatic N) is 1. The number of fused-ring (bicyclic) bond motifs is 1. The fourth-order valence-corrected chi connectivity index (χ4v) is 2.50. The van der Waals surface area contributed by atoms with Crippen LogP contribution in [-0.4, -0.2) is 24.1 Å². The van der Waals surface area contributed by atoms with E-state index < -0.39 is 5.91 Å².